The van der Waals surface area contributed by atoms with Crippen LogP contribution in [0.1, 0.15) is 91.7 Å². The van der Waals surface area contributed by atoms with E-state index in [1.807, 2.05) is 13.8 Å². The lowest BCUT2D eigenvalue weighted by molar-refractivity contribution is -0.199. The van der Waals surface area contributed by atoms with E-state index in [0.717, 1.165) is 44.5 Å². The summed E-state index contributed by atoms with van der Waals surface area (Å²) in [5.74, 6) is -0.337. The summed E-state index contributed by atoms with van der Waals surface area (Å²) in [5, 5.41) is 12.9. The number of carbonyl (C=O) groups is 2. The Bertz CT molecular complexity index is 1570. The largest absolute Gasteiger partial charge is 0.482 e. The Morgan fingerprint density at radius 2 is 1.84 bits per heavy atom. The minimum absolute atomic E-state index is 0.0676. The van der Waals surface area contributed by atoms with Gasteiger partial charge in [0.1, 0.15) is 17.7 Å². The molecule has 0 spiro atoms. The number of carbonyl (C=O) groups excluding carboxylic acids is 2. The maximum absolute atomic E-state index is 13.6. The summed E-state index contributed by atoms with van der Waals surface area (Å²) in [6.45, 7) is 17.4. The van der Waals surface area contributed by atoms with Crippen LogP contribution in [-0.2, 0) is 31.4 Å². The standard InChI is InChI=1S/C38H52BF3N4O5/c1-34(2)14-16-46(23-34)35(3,4)20-25(21-43)32(47)45-15-8-9-28(22-45)49-33(48)44-31(17-24-10-12-26(13-11-24)38(40,41)42)39-50-30-19-27-18-29(36(27,5)6)37(30,7)51-39/h10-13,20,27-31H,8-9,14-19,22-23H2,1-7H3,(H,44,48)/b25-20+/t27-,28-,29-,30+,31-,37-/m0/s1. The van der Waals surface area contributed by atoms with Gasteiger partial charge >= 0.3 is 19.4 Å². The molecule has 278 valence electrons. The number of ether oxygens (including phenoxy) is 1. The van der Waals surface area contributed by atoms with Crippen LogP contribution in [0, 0.1) is 34.0 Å². The van der Waals surface area contributed by atoms with Gasteiger partial charge in [-0.05, 0) is 112 Å². The quantitative estimate of drug-likeness (QED) is 0.185. The minimum atomic E-state index is -4.46. The number of likely N-dealkylation sites (tertiary alicyclic amines) is 2. The predicted octanol–water partition coefficient (Wildman–Crippen LogP) is 6.56. The Labute approximate surface area is 300 Å². The number of nitrogens with zero attached hydrogens (tertiary/aromatic N) is 3. The third-order valence-corrected chi connectivity index (χ3v) is 12.6. The molecule has 6 atom stereocenters. The molecular weight excluding hydrogens is 660 g/mol. The first kappa shape index (κ1) is 37.7. The third kappa shape index (κ3) is 7.56. The lowest BCUT2D eigenvalue weighted by Crippen LogP contribution is -2.65. The van der Waals surface area contributed by atoms with Gasteiger partial charge in [0, 0.05) is 18.6 Å². The Kier molecular flexibility index (Phi) is 9.90. The van der Waals surface area contributed by atoms with Crippen molar-refractivity contribution in [2.45, 2.75) is 122 Å². The molecule has 2 amide bonds. The van der Waals surface area contributed by atoms with E-state index >= 15 is 0 Å². The monoisotopic (exact) mass is 712 g/mol. The molecule has 0 radical (unpaired) electrons. The van der Waals surface area contributed by atoms with Crippen molar-refractivity contribution in [3.05, 3.63) is 47.0 Å². The summed E-state index contributed by atoms with van der Waals surface area (Å²) >= 11 is 0. The lowest BCUT2D eigenvalue weighted by Gasteiger charge is -2.64. The van der Waals surface area contributed by atoms with Crippen LogP contribution in [0.4, 0.5) is 18.0 Å². The number of halogens is 3. The molecule has 2 bridgehead atoms. The molecule has 1 aromatic carbocycles. The summed E-state index contributed by atoms with van der Waals surface area (Å²) in [6, 6.07) is 6.99. The summed E-state index contributed by atoms with van der Waals surface area (Å²) < 4.78 is 58.8. The second-order valence-corrected chi connectivity index (χ2v) is 17.6. The maximum atomic E-state index is 13.6. The van der Waals surface area contributed by atoms with Crippen molar-refractivity contribution in [2.75, 3.05) is 26.2 Å². The number of piperidine rings is 1. The van der Waals surface area contributed by atoms with Crippen LogP contribution < -0.4 is 5.32 Å². The maximum Gasteiger partial charge on any atom is 0.482 e. The van der Waals surface area contributed by atoms with Gasteiger partial charge in [-0.15, -0.1) is 0 Å². The van der Waals surface area contributed by atoms with E-state index in [4.69, 9.17) is 14.0 Å². The number of nitriles is 1. The molecule has 3 heterocycles. The molecule has 3 aliphatic carbocycles. The molecule has 3 aliphatic heterocycles. The van der Waals surface area contributed by atoms with Crippen LogP contribution in [0.25, 0.3) is 0 Å². The Hall–Kier alpha value is -3.08. The number of alkyl carbamates (subject to hydrolysis) is 1. The van der Waals surface area contributed by atoms with E-state index in [0.29, 0.717) is 30.9 Å². The van der Waals surface area contributed by atoms with Crippen LogP contribution in [0.15, 0.2) is 35.9 Å². The first-order chi connectivity index (χ1) is 23.7. The van der Waals surface area contributed by atoms with Crippen molar-refractivity contribution in [1.29, 1.82) is 5.26 Å². The van der Waals surface area contributed by atoms with Gasteiger partial charge in [-0.3, -0.25) is 9.69 Å². The molecule has 1 N–H and O–H groups in total. The highest BCUT2D eigenvalue weighted by molar-refractivity contribution is 6.48. The molecule has 1 aromatic rings. The van der Waals surface area contributed by atoms with E-state index in [-0.39, 0.29) is 47.3 Å². The fraction of sp³-hybridized carbons (Fsp3) is 0.711. The molecule has 7 rings (SSSR count). The molecule has 6 aliphatic rings. The molecular formula is C38H52BF3N4O5. The average Bonchev–Trinajstić information content (AvgIpc) is 3.62. The van der Waals surface area contributed by atoms with Crippen molar-refractivity contribution in [3.63, 3.8) is 0 Å². The smallest absolute Gasteiger partial charge is 0.444 e. The molecule has 0 unspecified atom stereocenters. The van der Waals surface area contributed by atoms with E-state index in [1.54, 1.807) is 11.0 Å². The highest BCUT2D eigenvalue weighted by Gasteiger charge is 2.68. The predicted molar refractivity (Wildman–Crippen MR) is 186 cm³/mol. The zero-order valence-electron chi connectivity index (χ0n) is 30.9. The number of alkyl halides is 3. The second-order valence-electron chi connectivity index (χ2n) is 17.6. The number of hydrogen-bond acceptors (Lipinski definition) is 7. The van der Waals surface area contributed by atoms with Crippen molar-refractivity contribution >= 4 is 19.1 Å². The van der Waals surface area contributed by atoms with Gasteiger partial charge in [0.2, 0.25) is 0 Å². The fourth-order valence-corrected chi connectivity index (χ4v) is 9.29. The third-order valence-electron chi connectivity index (χ3n) is 12.6. The summed E-state index contributed by atoms with van der Waals surface area (Å²) in [6.07, 6.45) is 0.00940. The van der Waals surface area contributed by atoms with Crippen molar-refractivity contribution in [1.82, 2.24) is 15.1 Å². The van der Waals surface area contributed by atoms with Gasteiger partial charge < -0.3 is 24.3 Å². The lowest BCUT2D eigenvalue weighted by atomic mass is 9.43. The van der Waals surface area contributed by atoms with Crippen LogP contribution in [0.3, 0.4) is 0 Å². The highest BCUT2D eigenvalue weighted by Crippen LogP contribution is 2.65. The summed E-state index contributed by atoms with van der Waals surface area (Å²) in [7, 11) is -0.831. The van der Waals surface area contributed by atoms with Gasteiger partial charge in [-0.2, -0.15) is 18.4 Å². The van der Waals surface area contributed by atoms with E-state index in [9.17, 15) is 28.0 Å². The van der Waals surface area contributed by atoms with Crippen LogP contribution in [0.2, 0.25) is 0 Å². The van der Waals surface area contributed by atoms with Crippen LogP contribution in [0.5, 0.6) is 0 Å². The number of nitrogens with one attached hydrogen (secondary N) is 1. The number of benzene rings is 1. The van der Waals surface area contributed by atoms with Gasteiger partial charge in [0.15, 0.2) is 0 Å². The first-order valence-corrected chi connectivity index (χ1v) is 18.4. The number of amides is 2. The van der Waals surface area contributed by atoms with Gasteiger partial charge in [0.05, 0.1) is 29.8 Å². The van der Waals surface area contributed by atoms with Gasteiger partial charge in [-0.25, -0.2) is 4.79 Å². The summed E-state index contributed by atoms with van der Waals surface area (Å²) in [4.78, 5) is 31.0. The minimum Gasteiger partial charge on any atom is -0.444 e. The Morgan fingerprint density at radius 1 is 1.14 bits per heavy atom. The van der Waals surface area contributed by atoms with Gasteiger partial charge in [-0.1, -0.05) is 39.8 Å². The normalized spacial score (nSPS) is 31.0. The van der Waals surface area contributed by atoms with E-state index in [2.05, 4.69) is 50.9 Å². The van der Waals surface area contributed by atoms with E-state index in [1.165, 1.54) is 12.1 Å². The molecule has 51 heavy (non-hydrogen) atoms. The molecule has 3 saturated heterocycles. The molecule has 6 fully saturated rings. The van der Waals surface area contributed by atoms with Crippen molar-refractivity contribution in [3.8, 4) is 6.07 Å². The topological polar surface area (TPSA) is 104 Å². The number of rotatable bonds is 8. The Morgan fingerprint density at radius 3 is 2.45 bits per heavy atom. The van der Waals surface area contributed by atoms with Crippen LogP contribution in [-0.4, -0.2) is 84.4 Å². The van der Waals surface area contributed by atoms with Crippen LogP contribution >= 0.6 is 0 Å². The number of hydrogen-bond donors (Lipinski definition) is 1. The second kappa shape index (κ2) is 13.4. The molecule has 3 saturated carbocycles. The fourth-order valence-electron chi connectivity index (χ4n) is 9.29. The first-order valence-electron chi connectivity index (χ1n) is 18.4. The van der Waals surface area contributed by atoms with Crippen molar-refractivity contribution in [2.24, 2.45) is 22.7 Å². The van der Waals surface area contributed by atoms with Gasteiger partial charge in [0.25, 0.3) is 5.91 Å². The van der Waals surface area contributed by atoms with Crippen molar-refractivity contribution < 1.29 is 36.8 Å². The molecule has 0 aromatic heterocycles. The molecule has 9 nitrogen and oxygen atoms in total. The molecule has 13 heteroatoms. The zero-order chi connectivity index (χ0) is 37.1. The Balaban J connectivity index is 1.13. The SMILES string of the molecule is CC1(C)CCN(C(C)(C)/C=C(\C#N)C(=O)N2CCC[C@H](OC(=O)N[C@@H](Cc3ccc(C(F)(F)F)cc3)B3O[C@@H]4C[C@@H]5C[C@@H](C5(C)C)[C@]4(C)O3)C2)C1. The average molecular weight is 713 g/mol. The highest BCUT2D eigenvalue weighted by atomic mass is 19.4. The zero-order valence-corrected chi connectivity index (χ0v) is 30.9. The summed E-state index contributed by atoms with van der Waals surface area (Å²) in [5.41, 5.74) is -0.878. The van der Waals surface area contributed by atoms with E-state index < -0.39 is 48.1 Å².